The molecule has 0 atom stereocenters. The predicted octanol–water partition coefficient (Wildman–Crippen LogP) is 2.02. The molecule has 2 aliphatic carbocycles. The summed E-state index contributed by atoms with van der Waals surface area (Å²) in [6, 6.07) is 6.68. The molecule has 1 aromatic rings. The molecule has 0 heterocycles. The Labute approximate surface area is 95.3 Å². The predicted molar refractivity (Wildman–Crippen MR) is 60.3 cm³/mol. The first-order chi connectivity index (χ1) is 7.35. The monoisotopic (exact) mass is 238 g/mol. The van der Waals surface area contributed by atoms with E-state index >= 15 is 0 Å². The Hall–Kier alpha value is -1.03. The number of hydrogen-bond donors (Lipinski definition) is 0. The van der Waals surface area contributed by atoms with Crippen LogP contribution < -0.4 is 4.74 Å². The van der Waals surface area contributed by atoms with Gasteiger partial charge in [-0.25, -0.2) is 8.42 Å². The molecule has 16 heavy (non-hydrogen) atoms. The van der Waals surface area contributed by atoms with Crippen LogP contribution in [-0.2, 0) is 9.84 Å². The van der Waals surface area contributed by atoms with Crippen molar-refractivity contribution >= 4 is 9.84 Å². The second kappa shape index (κ2) is 2.62. The quantitative estimate of drug-likeness (QED) is 0.809. The van der Waals surface area contributed by atoms with Gasteiger partial charge >= 0.3 is 0 Å². The molecule has 86 valence electrons. The molecule has 0 unspecified atom stereocenters. The minimum absolute atomic E-state index is 0.0829. The summed E-state index contributed by atoms with van der Waals surface area (Å²) in [5.41, 5.74) is 0.488. The lowest BCUT2D eigenvalue weighted by molar-refractivity contribution is 0.238. The smallest absolute Gasteiger partial charge is 0.175 e. The Morgan fingerprint density at radius 1 is 1.19 bits per heavy atom. The average molecular weight is 238 g/mol. The highest BCUT2D eigenvalue weighted by atomic mass is 32.2. The first-order valence-electron chi connectivity index (χ1n) is 5.34. The summed E-state index contributed by atoms with van der Waals surface area (Å²) < 4.78 is 28.4. The van der Waals surface area contributed by atoms with Crippen LogP contribution in [-0.4, -0.2) is 20.3 Å². The molecule has 0 amide bonds. The van der Waals surface area contributed by atoms with Crippen LogP contribution in [0.15, 0.2) is 29.2 Å². The number of hydrogen-bond acceptors (Lipinski definition) is 3. The molecule has 2 fully saturated rings. The summed E-state index contributed by atoms with van der Waals surface area (Å²) in [6.07, 6.45) is 3.47. The van der Waals surface area contributed by atoms with Crippen LogP contribution in [0, 0.1) is 5.41 Å². The van der Waals surface area contributed by atoms with Gasteiger partial charge in [-0.05, 0) is 37.1 Å². The maximum Gasteiger partial charge on any atom is 0.175 e. The molecule has 0 bridgehead atoms. The Morgan fingerprint density at radius 2 is 1.69 bits per heavy atom. The largest absolute Gasteiger partial charge is 0.487 e. The molecule has 2 aliphatic rings. The van der Waals surface area contributed by atoms with E-state index in [4.69, 9.17) is 4.74 Å². The SMILES string of the molecule is CC12CC1(Oc1ccc(S(C)(=O)=O)cc1)C2. The van der Waals surface area contributed by atoms with Crippen molar-refractivity contribution < 1.29 is 13.2 Å². The van der Waals surface area contributed by atoms with Crippen LogP contribution in [0.25, 0.3) is 0 Å². The van der Waals surface area contributed by atoms with Crippen LogP contribution in [0.3, 0.4) is 0 Å². The summed E-state index contributed by atoms with van der Waals surface area (Å²) in [4.78, 5) is 0.340. The molecule has 0 aromatic heterocycles. The summed E-state index contributed by atoms with van der Waals surface area (Å²) in [7, 11) is -3.10. The van der Waals surface area contributed by atoms with Gasteiger partial charge in [-0.3, -0.25) is 0 Å². The van der Waals surface area contributed by atoms with Crippen LogP contribution in [0.1, 0.15) is 19.8 Å². The summed E-state index contributed by atoms with van der Waals surface area (Å²) in [6.45, 7) is 2.22. The van der Waals surface area contributed by atoms with Gasteiger partial charge in [-0.2, -0.15) is 0 Å². The van der Waals surface area contributed by atoms with E-state index in [0.717, 1.165) is 18.6 Å². The topological polar surface area (TPSA) is 43.4 Å². The zero-order chi connectivity index (χ0) is 11.6. The van der Waals surface area contributed by atoms with Crippen molar-refractivity contribution in [3.05, 3.63) is 24.3 Å². The van der Waals surface area contributed by atoms with Crippen molar-refractivity contribution in [1.82, 2.24) is 0 Å². The standard InChI is InChI=1S/C12H14O3S/c1-11-7-12(11,8-11)15-9-3-5-10(6-4-9)16(2,13)14/h3-6H,7-8H2,1-2H3. The molecule has 0 saturated heterocycles. The zero-order valence-electron chi connectivity index (χ0n) is 9.36. The lowest BCUT2D eigenvalue weighted by atomic mass is 10.3. The molecule has 3 nitrogen and oxygen atoms in total. The highest BCUT2D eigenvalue weighted by Gasteiger charge is 2.83. The summed E-state index contributed by atoms with van der Waals surface area (Å²) >= 11 is 0. The Kier molecular flexibility index (Phi) is 1.66. The van der Waals surface area contributed by atoms with Crippen molar-refractivity contribution in [2.24, 2.45) is 5.41 Å². The van der Waals surface area contributed by atoms with Gasteiger partial charge in [-0.1, -0.05) is 6.92 Å². The van der Waals surface area contributed by atoms with Gasteiger partial charge in [0, 0.05) is 11.7 Å². The van der Waals surface area contributed by atoms with Crippen molar-refractivity contribution in [3.63, 3.8) is 0 Å². The molecule has 0 aliphatic heterocycles. The normalized spacial score (nSPS) is 35.4. The van der Waals surface area contributed by atoms with Crippen LogP contribution in [0.5, 0.6) is 5.75 Å². The summed E-state index contributed by atoms with van der Waals surface area (Å²) in [5.74, 6) is 0.772. The third-order valence-electron chi connectivity index (χ3n) is 3.77. The van der Waals surface area contributed by atoms with Gasteiger partial charge in [-0.15, -0.1) is 0 Å². The second-order valence-corrected chi connectivity index (χ2v) is 7.27. The number of fused-ring (bicyclic) bond motifs is 1. The van der Waals surface area contributed by atoms with E-state index in [1.807, 2.05) is 0 Å². The molecular formula is C12H14O3S. The Morgan fingerprint density at radius 3 is 2.06 bits per heavy atom. The van der Waals surface area contributed by atoms with E-state index < -0.39 is 9.84 Å². The maximum absolute atomic E-state index is 11.3. The van der Waals surface area contributed by atoms with Crippen molar-refractivity contribution in [2.75, 3.05) is 6.26 Å². The first-order valence-corrected chi connectivity index (χ1v) is 7.23. The lowest BCUT2D eigenvalue weighted by Crippen LogP contribution is -2.06. The molecule has 0 spiro atoms. The number of ether oxygens (including phenoxy) is 1. The molecule has 0 N–H and O–H groups in total. The van der Waals surface area contributed by atoms with Crippen LogP contribution in [0.2, 0.25) is 0 Å². The Bertz CT molecular complexity index is 536. The van der Waals surface area contributed by atoms with Gasteiger partial charge in [0.15, 0.2) is 9.84 Å². The molecule has 3 rings (SSSR count). The fourth-order valence-corrected chi connectivity index (χ4v) is 2.93. The lowest BCUT2D eigenvalue weighted by Gasteiger charge is -2.08. The third kappa shape index (κ3) is 1.36. The number of benzene rings is 1. The average Bonchev–Trinajstić information content (AvgIpc) is 2.88. The van der Waals surface area contributed by atoms with E-state index in [1.54, 1.807) is 24.3 Å². The van der Waals surface area contributed by atoms with Crippen LogP contribution >= 0.6 is 0 Å². The number of sulfone groups is 1. The van der Waals surface area contributed by atoms with Crippen molar-refractivity contribution in [3.8, 4) is 5.75 Å². The number of rotatable bonds is 3. The van der Waals surface area contributed by atoms with Crippen LogP contribution in [0.4, 0.5) is 0 Å². The second-order valence-electron chi connectivity index (χ2n) is 5.25. The van der Waals surface area contributed by atoms with Crippen molar-refractivity contribution in [2.45, 2.75) is 30.3 Å². The molecule has 1 aromatic carbocycles. The molecule has 2 saturated carbocycles. The van der Waals surface area contributed by atoms with E-state index in [0.29, 0.717) is 10.3 Å². The van der Waals surface area contributed by atoms with Crippen molar-refractivity contribution in [1.29, 1.82) is 0 Å². The highest BCUT2D eigenvalue weighted by Crippen LogP contribution is 2.79. The van der Waals surface area contributed by atoms with Gasteiger partial charge in [0.25, 0.3) is 0 Å². The van der Waals surface area contributed by atoms with E-state index in [-0.39, 0.29) is 5.60 Å². The summed E-state index contributed by atoms with van der Waals surface area (Å²) in [5, 5.41) is 0. The Balaban J connectivity index is 1.79. The highest BCUT2D eigenvalue weighted by molar-refractivity contribution is 7.90. The fourth-order valence-electron chi connectivity index (χ4n) is 2.30. The molecular weight excluding hydrogens is 224 g/mol. The maximum atomic E-state index is 11.3. The molecule has 4 heteroatoms. The minimum atomic E-state index is -3.10. The zero-order valence-corrected chi connectivity index (χ0v) is 10.2. The molecule has 0 radical (unpaired) electrons. The van der Waals surface area contributed by atoms with Gasteiger partial charge in [0.1, 0.15) is 11.4 Å². The van der Waals surface area contributed by atoms with E-state index in [9.17, 15) is 8.42 Å². The van der Waals surface area contributed by atoms with E-state index in [1.165, 1.54) is 6.26 Å². The minimum Gasteiger partial charge on any atom is -0.487 e. The van der Waals surface area contributed by atoms with E-state index in [2.05, 4.69) is 6.92 Å². The first kappa shape index (κ1) is 10.1. The van der Waals surface area contributed by atoms with Gasteiger partial charge in [0.2, 0.25) is 0 Å². The van der Waals surface area contributed by atoms with Gasteiger partial charge < -0.3 is 4.74 Å². The fraction of sp³-hybridized carbons (Fsp3) is 0.500. The third-order valence-corrected chi connectivity index (χ3v) is 4.89. The van der Waals surface area contributed by atoms with Gasteiger partial charge in [0.05, 0.1) is 4.90 Å².